The van der Waals surface area contributed by atoms with Crippen LogP contribution in [0.2, 0.25) is 5.02 Å². The lowest BCUT2D eigenvalue weighted by Crippen LogP contribution is -2.50. The number of nitrogens with zero attached hydrogens (tertiary/aromatic N) is 2. The molecule has 1 aromatic heterocycles. The van der Waals surface area contributed by atoms with Crippen LogP contribution in [0.15, 0.2) is 28.8 Å². The van der Waals surface area contributed by atoms with E-state index in [4.69, 9.17) is 16.1 Å². The quantitative estimate of drug-likeness (QED) is 0.594. The Balaban J connectivity index is 1.39. The minimum absolute atomic E-state index is 0.0366. The topological polar surface area (TPSA) is 97.1 Å². The molecule has 0 saturated heterocycles. The average molecular weight is 459 g/mol. The fourth-order valence-electron chi connectivity index (χ4n) is 4.96. The van der Waals surface area contributed by atoms with Gasteiger partial charge in [-0.05, 0) is 49.8 Å². The summed E-state index contributed by atoms with van der Waals surface area (Å²) in [4.78, 5) is 29.2. The Kier molecular flexibility index (Phi) is 6.84. The van der Waals surface area contributed by atoms with Gasteiger partial charge in [0.1, 0.15) is 5.54 Å². The van der Waals surface area contributed by atoms with Crippen LogP contribution in [-0.2, 0) is 27.1 Å². The molecule has 2 aliphatic rings. The van der Waals surface area contributed by atoms with Crippen molar-refractivity contribution in [3.8, 4) is 0 Å². The molecule has 0 atom stereocenters. The third kappa shape index (κ3) is 4.98. The molecule has 8 heteroatoms. The van der Waals surface area contributed by atoms with Crippen molar-refractivity contribution in [1.82, 2.24) is 20.8 Å². The van der Waals surface area contributed by atoms with Crippen LogP contribution < -0.4 is 10.6 Å². The zero-order valence-corrected chi connectivity index (χ0v) is 19.3. The molecule has 2 saturated carbocycles. The van der Waals surface area contributed by atoms with Crippen LogP contribution >= 0.6 is 11.6 Å². The van der Waals surface area contributed by atoms with Gasteiger partial charge in [0.2, 0.25) is 17.7 Å². The second-order valence-corrected chi connectivity index (χ2v) is 9.62. The van der Waals surface area contributed by atoms with Crippen molar-refractivity contribution < 1.29 is 14.1 Å². The van der Waals surface area contributed by atoms with Crippen molar-refractivity contribution in [2.24, 2.45) is 0 Å². The molecule has 1 aromatic carbocycles. The molecule has 0 radical (unpaired) electrons. The lowest BCUT2D eigenvalue weighted by Gasteiger charge is -2.43. The van der Waals surface area contributed by atoms with Gasteiger partial charge in [-0.3, -0.25) is 9.59 Å². The highest BCUT2D eigenvalue weighted by Gasteiger charge is 2.40. The van der Waals surface area contributed by atoms with E-state index in [1.54, 1.807) is 0 Å². The number of hydrogen-bond donors (Lipinski definition) is 2. The first kappa shape index (κ1) is 22.8. The van der Waals surface area contributed by atoms with Gasteiger partial charge in [0.05, 0.1) is 5.54 Å². The normalized spacial score (nSPS) is 19.4. The monoisotopic (exact) mass is 458 g/mol. The Labute approximate surface area is 193 Å². The summed E-state index contributed by atoms with van der Waals surface area (Å²) in [5.41, 5.74) is 0.209. The summed E-state index contributed by atoms with van der Waals surface area (Å²) in [5.74, 6) is 0.830. The van der Waals surface area contributed by atoms with Gasteiger partial charge in [-0.1, -0.05) is 54.6 Å². The number of aromatic nitrogens is 2. The molecule has 1 heterocycles. The third-order valence-electron chi connectivity index (χ3n) is 6.82. The van der Waals surface area contributed by atoms with E-state index in [1.807, 2.05) is 24.3 Å². The number of rotatable bonds is 7. The van der Waals surface area contributed by atoms with Gasteiger partial charge >= 0.3 is 0 Å². The number of carbonyl (C=O) groups excluding carboxylic acids is 2. The summed E-state index contributed by atoms with van der Waals surface area (Å²) in [7, 11) is 0. The molecule has 2 aliphatic carbocycles. The van der Waals surface area contributed by atoms with Crippen molar-refractivity contribution in [1.29, 1.82) is 0 Å². The fraction of sp³-hybridized carbons (Fsp3) is 0.583. The van der Waals surface area contributed by atoms with E-state index in [-0.39, 0.29) is 23.8 Å². The third-order valence-corrected chi connectivity index (χ3v) is 7.07. The fourth-order valence-corrected chi connectivity index (χ4v) is 5.09. The molecule has 0 bridgehead atoms. The van der Waals surface area contributed by atoms with Gasteiger partial charge in [0, 0.05) is 24.8 Å². The highest BCUT2D eigenvalue weighted by atomic mass is 35.5. The smallest absolute Gasteiger partial charge is 0.227 e. The van der Waals surface area contributed by atoms with E-state index >= 15 is 0 Å². The number of hydrogen-bond acceptors (Lipinski definition) is 5. The van der Waals surface area contributed by atoms with Gasteiger partial charge in [-0.2, -0.15) is 4.98 Å². The summed E-state index contributed by atoms with van der Waals surface area (Å²) >= 11 is 6.02. The molecule has 2 N–H and O–H groups in total. The van der Waals surface area contributed by atoms with Gasteiger partial charge in [-0.15, -0.1) is 0 Å². The summed E-state index contributed by atoms with van der Waals surface area (Å²) in [6.45, 7) is 1.52. The van der Waals surface area contributed by atoms with Gasteiger partial charge in [-0.25, -0.2) is 0 Å². The number of aryl methyl sites for hydroxylation is 1. The predicted octanol–water partition coefficient (Wildman–Crippen LogP) is 4.54. The molecule has 172 valence electrons. The van der Waals surface area contributed by atoms with E-state index in [0.29, 0.717) is 23.2 Å². The molecule has 32 heavy (non-hydrogen) atoms. The zero-order chi connectivity index (χ0) is 22.6. The molecule has 2 aromatic rings. The van der Waals surface area contributed by atoms with Crippen molar-refractivity contribution in [3.63, 3.8) is 0 Å². The van der Waals surface area contributed by atoms with Crippen LogP contribution in [0.1, 0.15) is 88.4 Å². The number of amides is 2. The SMILES string of the molecule is CC(=O)NC1(c2noc(CCC(=O)NC3(c4ccc(Cl)cc4)CCC3)n2)CCCCCC1. The molecule has 4 rings (SSSR count). The van der Waals surface area contributed by atoms with E-state index in [1.165, 1.54) is 6.92 Å². The Morgan fingerprint density at radius 1 is 0.969 bits per heavy atom. The minimum atomic E-state index is -0.573. The first-order chi connectivity index (χ1) is 15.4. The second-order valence-electron chi connectivity index (χ2n) is 9.18. The molecule has 0 spiro atoms. The average Bonchev–Trinajstić information content (AvgIpc) is 3.10. The Morgan fingerprint density at radius 2 is 1.62 bits per heavy atom. The van der Waals surface area contributed by atoms with Gasteiger partial charge in [0.15, 0.2) is 5.82 Å². The predicted molar refractivity (Wildman–Crippen MR) is 121 cm³/mol. The standard InChI is InChI=1S/C24H31ClN4O3/c1-17(30)27-24(13-4-2-3-5-14-24)22-26-21(32-29-22)12-11-20(31)28-23(15-6-16-23)18-7-9-19(25)10-8-18/h7-10H,2-6,11-16H2,1H3,(H,27,30)(H,28,31). The highest BCUT2D eigenvalue weighted by Crippen LogP contribution is 2.41. The maximum atomic E-state index is 12.7. The van der Waals surface area contributed by atoms with Crippen LogP contribution in [0.4, 0.5) is 0 Å². The van der Waals surface area contributed by atoms with Crippen LogP contribution in [0.3, 0.4) is 0 Å². The number of nitrogens with one attached hydrogen (secondary N) is 2. The number of halogens is 1. The molecule has 0 unspecified atom stereocenters. The second kappa shape index (κ2) is 9.61. The Bertz CT molecular complexity index is 944. The first-order valence-corrected chi connectivity index (χ1v) is 12.0. The largest absolute Gasteiger partial charge is 0.347 e. The summed E-state index contributed by atoms with van der Waals surface area (Å²) in [6, 6.07) is 7.70. The van der Waals surface area contributed by atoms with Crippen LogP contribution in [0, 0.1) is 0 Å². The Morgan fingerprint density at radius 3 is 2.22 bits per heavy atom. The van der Waals surface area contributed by atoms with Crippen LogP contribution in [0.5, 0.6) is 0 Å². The molecular formula is C24H31ClN4O3. The van der Waals surface area contributed by atoms with Gasteiger partial charge in [0.25, 0.3) is 0 Å². The summed E-state index contributed by atoms with van der Waals surface area (Å²) in [5, 5.41) is 11.2. The maximum absolute atomic E-state index is 12.7. The first-order valence-electron chi connectivity index (χ1n) is 11.6. The Hall–Kier alpha value is -2.41. The molecular weight excluding hydrogens is 428 g/mol. The van der Waals surface area contributed by atoms with E-state index < -0.39 is 5.54 Å². The van der Waals surface area contributed by atoms with Gasteiger partial charge < -0.3 is 15.2 Å². The van der Waals surface area contributed by atoms with Crippen molar-refractivity contribution in [2.45, 2.75) is 88.6 Å². The summed E-state index contributed by atoms with van der Waals surface area (Å²) in [6.07, 6.45) is 9.47. The van der Waals surface area contributed by atoms with E-state index in [2.05, 4.69) is 20.8 Å². The minimum Gasteiger partial charge on any atom is -0.347 e. The molecule has 2 amide bonds. The maximum Gasteiger partial charge on any atom is 0.227 e. The zero-order valence-electron chi connectivity index (χ0n) is 18.6. The highest BCUT2D eigenvalue weighted by molar-refractivity contribution is 6.30. The van der Waals surface area contributed by atoms with Crippen LogP contribution in [0.25, 0.3) is 0 Å². The summed E-state index contributed by atoms with van der Waals surface area (Å²) < 4.78 is 5.48. The lowest BCUT2D eigenvalue weighted by atomic mass is 9.71. The number of carbonyl (C=O) groups is 2. The molecule has 7 nitrogen and oxygen atoms in total. The lowest BCUT2D eigenvalue weighted by molar-refractivity contribution is -0.124. The van der Waals surface area contributed by atoms with Crippen molar-refractivity contribution in [2.75, 3.05) is 0 Å². The van der Waals surface area contributed by atoms with Crippen LogP contribution in [-0.4, -0.2) is 22.0 Å². The molecule has 0 aliphatic heterocycles. The van der Waals surface area contributed by atoms with E-state index in [9.17, 15) is 9.59 Å². The van der Waals surface area contributed by atoms with Crippen molar-refractivity contribution >= 4 is 23.4 Å². The van der Waals surface area contributed by atoms with Crippen molar-refractivity contribution in [3.05, 3.63) is 46.6 Å². The van der Waals surface area contributed by atoms with E-state index in [0.717, 1.165) is 63.4 Å². The number of benzene rings is 1. The molecule has 2 fully saturated rings.